The Morgan fingerprint density at radius 1 is 1.08 bits per heavy atom. The lowest BCUT2D eigenvalue weighted by Crippen LogP contribution is -2.39. The van der Waals surface area contributed by atoms with Crippen molar-refractivity contribution in [3.63, 3.8) is 0 Å². The van der Waals surface area contributed by atoms with Crippen LogP contribution in [-0.4, -0.2) is 40.6 Å². The molecule has 1 aliphatic carbocycles. The highest BCUT2D eigenvalue weighted by Gasteiger charge is 2.46. The molecule has 0 saturated heterocycles. The summed E-state index contributed by atoms with van der Waals surface area (Å²) in [6.45, 7) is 7.12. The van der Waals surface area contributed by atoms with Gasteiger partial charge in [-0.1, -0.05) is 60.2 Å². The van der Waals surface area contributed by atoms with Crippen molar-refractivity contribution >= 4 is 16.8 Å². The van der Waals surface area contributed by atoms with Crippen molar-refractivity contribution in [2.45, 2.75) is 45.6 Å². The van der Waals surface area contributed by atoms with E-state index in [1.54, 1.807) is 11.7 Å². The van der Waals surface area contributed by atoms with Crippen LogP contribution in [0, 0.1) is 19.8 Å². The topological polar surface area (TPSA) is 64.4 Å². The van der Waals surface area contributed by atoms with E-state index < -0.39 is 6.04 Å². The third-order valence-corrected chi connectivity index (χ3v) is 7.60. The molecule has 4 aromatic rings. The first-order chi connectivity index (χ1) is 18.4. The fourth-order valence-corrected chi connectivity index (χ4v) is 5.48. The minimum Gasteiger partial charge on any atom is -0.385 e. The van der Waals surface area contributed by atoms with Crippen LogP contribution in [0.2, 0.25) is 0 Å². The Morgan fingerprint density at radius 3 is 2.55 bits per heavy atom. The Hall–Kier alpha value is -3.77. The largest absolute Gasteiger partial charge is 0.385 e. The van der Waals surface area contributed by atoms with E-state index in [0.29, 0.717) is 36.3 Å². The molecule has 3 unspecified atom stereocenters. The molecule has 1 amide bonds. The summed E-state index contributed by atoms with van der Waals surface area (Å²) in [4.78, 5) is 34.8. The summed E-state index contributed by atoms with van der Waals surface area (Å²) < 4.78 is 7.02. The lowest BCUT2D eigenvalue weighted by molar-refractivity contribution is -0.135. The zero-order valence-corrected chi connectivity index (χ0v) is 22.6. The molecule has 5 rings (SSSR count). The molecular formula is C32H35N3O3. The minimum atomic E-state index is -0.408. The number of aryl methyl sites for hydroxylation is 2. The quantitative estimate of drug-likeness (QED) is 0.270. The molecule has 1 aliphatic rings. The number of fused-ring (bicyclic) bond motifs is 1. The lowest BCUT2D eigenvalue weighted by Gasteiger charge is -2.31. The standard InChI is InChI=1S/C32H35N3O3/c1-21-15-16-29(22(2)19-21)35-30(33-28-14-9-8-13-25(28)32(35)37)23(3)34(17-10-18-38-4)31(36)27-20-26(27)24-11-6-5-7-12-24/h5-9,11-16,19,23,26-27H,10,17-18,20H2,1-4H3. The summed E-state index contributed by atoms with van der Waals surface area (Å²) in [6.07, 6.45) is 1.54. The second kappa shape index (κ2) is 10.9. The van der Waals surface area contributed by atoms with Gasteiger partial charge in [0.1, 0.15) is 5.82 Å². The SMILES string of the molecule is COCCCN(C(=O)C1CC1c1ccccc1)C(C)c1nc2ccccc2c(=O)n1-c1ccc(C)cc1C. The molecule has 196 valence electrons. The van der Waals surface area contributed by atoms with Crippen molar-refractivity contribution in [1.29, 1.82) is 0 Å². The number of para-hydroxylation sites is 1. The van der Waals surface area contributed by atoms with Crippen LogP contribution in [0.25, 0.3) is 16.6 Å². The lowest BCUT2D eigenvalue weighted by atomic mass is 10.1. The summed E-state index contributed by atoms with van der Waals surface area (Å²) >= 11 is 0. The highest BCUT2D eigenvalue weighted by molar-refractivity contribution is 5.83. The third-order valence-electron chi connectivity index (χ3n) is 7.60. The average Bonchev–Trinajstić information content (AvgIpc) is 3.73. The molecule has 0 radical (unpaired) electrons. The monoisotopic (exact) mass is 509 g/mol. The van der Waals surface area contributed by atoms with E-state index in [2.05, 4.69) is 18.2 Å². The molecule has 0 aliphatic heterocycles. The normalized spacial score (nSPS) is 17.4. The van der Waals surface area contributed by atoms with Gasteiger partial charge in [-0.2, -0.15) is 0 Å². The Bertz CT molecular complexity index is 1510. The van der Waals surface area contributed by atoms with Crippen molar-refractivity contribution in [2.24, 2.45) is 5.92 Å². The number of methoxy groups -OCH3 is 1. The first kappa shape index (κ1) is 25.9. The van der Waals surface area contributed by atoms with E-state index in [1.807, 2.05) is 80.3 Å². The van der Waals surface area contributed by atoms with Crippen molar-refractivity contribution in [1.82, 2.24) is 14.5 Å². The summed E-state index contributed by atoms with van der Waals surface area (Å²) in [5.74, 6) is 0.844. The highest BCUT2D eigenvalue weighted by Crippen LogP contribution is 2.49. The predicted molar refractivity (Wildman–Crippen MR) is 151 cm³/mol. The molecule has 1 heterocycles. The molecule has 0 spiro atoms. The molecule has 1 saturated carbocycles. The third kappa shape index (κ3) is 5.01. The van der Waals surface area contributed by atoms with Crippen molar-refractivity contribution < 1.29 is 9.53 Å². The van der Waals surface area contributed by atoms with Gasteiger partial charge in [0.2, 0.25) is 5.91 Å². The van der Waals surface area contributed by atoms with Crippen molar-refractivity contribution in [2.75, 3.05) is 20.3 Å². The van der Waals surface area contributed by atoms with Gasteiger partial charge in [-0.15, -0.1) is 0 Å². The number of ether oxygens (including phenoxy) is 1. The van der Waals surface area contributed by atoms with Gasteiger partial charge in [-0.3, -0.25) is 14.2 Å². The Balaban J connectivity index is 1.59. The van der Waals surface area contributed by atoms with E-state index in [9.17, 15) is 9.59 Å². The fraction of sp³-hybridized carbons (Fsp3) is 0.344. The summed E-state index contributed by atoms with van der Waals surface area (Å²) in [7, 11) is 1.67. The van der Waals surface area contributed by atoms with Crippen LogP contribution in [0.3, 0.4) is 0 Å². The zero-order chi connectivity index (χ0) is 26.8. The Morgan fingerprint density at radius 2 is 1.82 bits per heavy atom. The van der Waals surface area contributed by atoms with E-state index >= 15 is 0 Å². The van der Waals surface area contributed by atoms with Crippen LogP contribution < -0.4 is 5.56 Å². The van der Waals surface area contributed by atoms with Gasteiger partial charge < -0.3 is 9.64 Å². The van der Waals surface area contributed by atoms with Crippen LogP contribution in [0.5, 0.6) is 0 Å². The number of carbonyl (C=O) groups is 1. The maximum atomic E-state index is 14.0. The molecule has 3 aromatic carbocycles. The summed E-state index contributed by atoms with van der Waals surface area (Å²) in [5, 5.41) is 0.562. The van der Waals surface area contributed by atoms with Gasteiger partial charge in [-0.05, 0) is 68.9 Å². The highest BCUT2D eigenvalue weighted by atomic mass is 16.5. The average molecular weight is 510 g/mol. The molecule has 38 heavy (non-hydrogen) atoms. The molecule has 6 heteroatoms. The first-order valence-corrected chi connectivity index (χ1v) is 13.3. The molecule has 6 nitrogen and oxygen atoms in total. The second-order valence-electron chi connectivity index (χ2n) is 10.3. The number of nitrogens with zero attached hydrogens (tertiary/aromatic N) is 3. The maximum absolute atomic E-state index is 14.0. The number of hydrogen-bond donors (Lipinski definition) is 0. The molecule has 3 atom stereocenters. The van der Waals surface area contributed by atoms with Crippen LogP contribution in [0.15, 0.2) is 77.6 Å². The van der Waals surface area contributed by atoms with Gasteiger partial charge in [-0.25, -0.2) is 4.98 Å². The Labute approximate surface area is 223 Å². The van der Waals surface area contributed by atoms with Crippen molar-refractivity contribution in [3.8, 4) is 5.69 Å². The molecular weight excluding hydrogens is 474 g/mol. The van der Waals surface area contributed by atoms with Crippen LogP contribution in [0.1, 0.15) is 54.2 Å². The molecule has 0 bridgehead atoms. The zero-order valence-electron chi connectivity index (χ0n) is 22.6. The van der Waals surface area contributed by atoms with E-state index in [0.717, 1.165) is 23.2 Å². The van der Waals surface area contributed by atoms with Crippen LogP contribution in [0.4, 0.5) is 0 Å². The Kier molecular flexibility index (Phi) is 7.43. The maximum Gasteiger partial charge on any atom is 0.266 e. The number of carbonyl (C=O) groups excluding carboxylic acids is 1. The summed E-state index contributed by atoms with van der Waals surface area (Å²) in [6, 6.07) is 23.3. The second-order valence-corrected chi connectivity index (χ2v) is 10.3. The first-order valence-electron chi connectivity index (χ1n) is 13.3. The van der Waals surface area contributed by atoms with Gasteiger partial charge >= 0.3 is 0 Å². The van der Waals surface area contributed by atoms with Gasteiger partial charge in [0.05, 0.1) is 22.6 Å². The van der Waals surface area contributed by atoms with E-state index in [1.165, 1.54) is 5.56 Å². The molecule has 1 aromatic heterocycles. The molecule has 0 N–H and O–H groups in total. The molecule has 1 fully saturated rings. The van der Waals surface area contributed by atoms with Gasteiger partial charge in [0.25, 0.3) is 5.56 Å². The summed E-state index contributed by atoms with van der Waals surface area (Å²) in [5.41, 5.74) is 4.62. The predicted octanol–water partition coefficient (Wildman–Crippen LogP) is 5.73. The number of aromatic nitrogens is 2. The fourth-order valence-electron chi connectivity index (χ4n) is 5.48. The smallest absolute Gasteiger partial charge is 0.266 e. The van der Waals surface area contributed by atoms with Crippen molar-refractivity contribution in [3.05, 3.63) is 106 Å². The number of amides is 1. The number of hydrogen-bond acceptors (Lipinski definition) is 4. The van der Waals surface area contributed by atoms with Gasteiger partial charge in [0.15, 0.2) is 0 Å². The van der Waals surface area contributed by atoms with E-state index in [-0.39, 0.29) is 23.3 Å². The minimum absolute atomic E-state index is 0.0656. The van der Waals surface area contributed by atoms with Crippen LogP contribution >= 0.6 is 0 Å². The van der Waals surface area contributed by atoms with Gasteiger partial charge in [0, 0.05) is 26.2 Å². The number of rotatable bonds is 9. The van der Waals surface area contributed by atoms with E-state index in [4.69, 9.17) is 9.72 Å². The number of benzene rings is 3. The van der Waals surface area contributed by atoms with Crippen LogP contribution in [-0.2, 0) is 9.53 Å².